The standard InChI is InChI=1S/C14H15NO/c1-10-2-3-11-6-7-15(13(11)8-10)9-14(16)12-4-5-12/h2-3,6-8,12H,4-5,9H2,1H3. The zero-order valence-corrected chi connectivity index (χ0v) is 9.44. The molecule has 0 amide bonds. The van der Waals surface area contributed by atoms with Crippen LogP contribution in [0.5, 0.6) is 0 Å². The molecule has 0 N–H and O–H groups in total. The molecule has 1 aromatic carbocycles. The van der Waals surface area contributed by atoms with Crippen molar-refractivity contribution >= 4 is 16.7 Å². The van der Waals surface area contributed by atoms with Gasteiger partial charge in [-0.3, -0.25) is 4.79 Å². The van der Waals surface area contributed by atoms with Crippen LogP contribution in [0.3, 0.4) is 0 Å². The van der Waals surface area contributed by atoms with Gasteiger partial charge >= 0.3 is 0 Å². The maximum Gasteiger partial charge on any atom is 0.155 e. The van der Waals surface area contributed by atoms with Crippen LogP contribution in [0.1, 0.15) is 18.4 Å². The van der Waals surface area contributed by atoms with E-state index in [1.165, 1.54) is 16.5 Å². The van der Waals surface area contributed by atoms with E-state index in [4.69, 9.17) is 0 Å². The minimum atomic E-state index is 0.349. The molecule has 1 heterocycles. The molecule has 16 heavy (non-hydrogen) atoms. The summed E-state index contributed by atoms with van der Waals surface area (Å²) >= 11 is 0. The predicted octanol–water partition coefficient (Wildman–Crippen LogP) is 2.93. The van der Waals surface area contributed by atoms with Gasteiger partial charge in [0.05, 0.1) is 6.54 Å². The van der Waals surface area contributed by atoms with Gasteiger partial charge in [-0.05, 0) is 42.8 Å². The van der Waals surface area contributed by atoms with Crippen molar-refractivity contribution < 1.29 is 4.79 Å². The topological polar surface area (TPSA) is 22.0 Å². The second-order valence-corrected chi connectivity index (χ2v) is 4.75. The predicted molar refractivity (Wildman–Crippen MR) is 64.4 cm³/mol. The number of rotatable bonds is 3. The fourth-order valence-corrected chi connectivity index (χ4v) is 2.13. The van der Waals surface area contributed by atoms with Crippen molar-refractivity contribution in [2.75, 3.05) is 0 Å². The maximum atomic E-state index is 11.8. The molecule has 0 bridgehead atoms. The van der Waals surface area contributed by atoms with E-state index in [0.29, 0.717) is 18.2 Å². The van der Waals surface area contributed by atoms with Crippen LogP contribution in [-0.2, 0) is 11.3 Å². The quantitative estimate of drug-likeness (QED) is 0.768. The third kappa shape index (κ3) is 1.64. The zero-order chi connectivity index (χ0) is 11.1. The van der Waals surface area contributed by atoms with Gasteiger partial charge in [0.2, 0.25) is 0 Å². The Balaban J connectivity index is 1.96. The number of hydrogen-bond donors (Lipinski definition) is 0. The number of aromatic nitrogens is 1. The number of fused-ring (bicyclic) bond motifs is 1. The summed E-state index contributed by atoms with van der Waals surface area (Å²) in [7, 11) is 0. The van der Waals surface area contributed by atoms with Gasteiger partial charge in [-0.2, -0.15) is 0 Å². The van der Waals surface area contributed by atoms with Crippen LogP contribution in [0, 0.1) is 12.8 Å². The second kappa shape index (κ2) is 3.48. The third-order valence-electron chi connectivity index (χ3n) is 3.29. The lowest BCUT2D eigenvalue weighted by Crippen LogP contribution is -2.10. The molecule has 2 heteroatoms. The molecule has 1 fully saturated rings. The van der Waals surface area contributed by atoms with Gasteiger partial charge in [0, 0.05) is 17.6 Å². The molecule has 1 aliphatic rings. The summed E-state index contributed by atoms with van der Waals surface area (Å²) in [6, 6.07) is 8.45. The maximum absolute atomic E-state index is 11.8. The van der Waals surface area contributed by atoms with Crippen molar-refractivity contribution in [3.05, 3.63) is 36.0 Å². The normalized spacial score (nSPS) is 15.6. The molecule has 0 unspecified atom stereocenters. The van der Waals surface area contributed by atoms with Crippen molar-refractivity contribution in [2.24, 2.45) is 5.92 Å². The number of Topliss-reactive ketones (excluding diaryl/α,β-unsaturated/α-hetero) is 1. The minimum Gasteiger partial charge on any atom is -0.340 e. The molecular formula is C14H15NO. The molecule has 2 aromatic rings. The van der Waals surface area contributed by atoms with Crippen LogP contribution >= 0.6 is 0 Å². The molecule has 2 nitrogen and oxygen atoms in total. The Morgan fingerprint density at radius 2 is 2.19 bits per heavy atom. The average molecular weight is 213 g/mol. The highest BCUT2D eigenvalue weighted by molar-refractivity contribution is 5.86. The third-order valence-corrected chi connectivity index (χ3v) is 3.29. The number of aryl methyl sites for hydroxylation is 1. The van der Waals surface area contributed by atoms with Crippen molar-refractivity contribution in [3.63, 3.8) is 0 Å². The minimum absolute atomic E-state index is 0.349. The molecule has 1 saturated carbocycles. The highest BCUT2D eigenvalue weighted by Gasteiger charge is 2.29. The van der Waals surface area contributed by atoms with Gasteiger partial charge in [-0.15, -0.1) is 0 Å². The molecule has 0 aliphatic heterocycles. The Kier molecular flexibility index (Phi) is 2.10. The molecule has 3 rings (SSSR count). The summed E-state index contributed by atoms with van der Waals surface area (Å²) in [5.41, 5.74) is 2.42. The first-order valence-electron chi connectivity index (χ1n) is 5.82. The molecule has 1 aliphatic carbocycles. The van der Waals surface area contributed by atoms with Crippen LogP contribution in [0.15, 0.2) is 30.5 Å². The first kappa shape index (κ1) is 9.64. The number of benzene rings is 1. The largest absolute Gasteiger partial charge is 0.340 e. The fraction of sp³-hybridized carbons (Fsp3) is 0.357. The summed E-state index contributed by atoms with van der Waals surface area (Å²) in [6.07, 6.45) is 4.21. The lowest BCUT2D eigenvalue weighted by Gasteiger charge is -2.04. The average Bonchev–Trinajstić information content (AvgIpc) is 3.04. The SMILES string of the molecule is Cc1ccc2ccn(CC(=O)C3CC3)c2c1. The molecule has 1 aromatic heterocycles. The summed E-state index contributed by atoms with van der Waals surface area (Å²) in [5, 5.41) is 1.22. The van der Waals surface area contributed by atoms with Crippen LogP contribution < -0.4 is 0 Å². The van der Waals surface area contributed by atoms with E-state index in [1.54, 1.807) is 0 Å². The molecule has 82 valence electrons. The van der Waals surface area contributed by atoms with E-state index >= 15 is 0 Å². The molecule has 0 atom stereocenters. The second-order valence-electron chi connectivity index (χ2n) is 4.75. The Hall–Kier alpha value is -1.57. The van der Waals surface area contributed by atoms with E-state index in [-0.39, 0.29) is 0 Å². The van der Waals surface area contributed by atoms with E-state index in [0.717, 1.165) is 12.8 Å². The monoisotopic (exact) mass is 213 g/mol. The molecule has 0 saturated heterocycles. The number of ketones is 1. The first-order chi connectivity index (χ1) is 7.74. The number of hydrogen-bond acceptors (Lipinski definition) is 1. The summed E-state index contributed by atoms with van der Waals surface area (Å²) in [4.78, 5) is 11.8. The summed E-state index contributed by atoms with van der Waals surface area (Å²) in [5.74, 6) is 0.737. The lowest BCUT2D eigenvalue weighted by molar-refractivity contribution is -0.120. The van der Waals surface area contributed by atoms with Crippen molar-refractivity contribution in [2.45, 2.75) is 26.3 Å². The number of nitrogens with zero attached hydrogens (tertiary/aromatic N) is 1. The van der Waals surface area contributed by atoms with E-state index in [1.807, 2.05) is 6.20 Å². The van der Waals surface area contributed by atoms with Crippen LogP contribution in [0.25, 0.3) is 10.9 Å². The molecular weight excluding hydrogens is 198 g/mol. The highest BCUT2D eigenvalue weighted by Crippen LogP contribution is 2.30. The summed E-state index contributed by atoms with van der Waals surface area (Å²) < 4.78 is 2.07. The molecule has 0 spiro atoms. The number of carbonyl (C=O) groups is 1. The van der Waals surface area contributed by atoms with Crippen LogP contribution in [0.2, 0.25) is 0 Å². The van der Waals surface area contributed by atoms with E-state index in [9.17, 15) is 4.79 Å². The van der Waals surface area contributed by atoms with Gasteiger partial charge in [0.25, 0.3) is 0 Å². The van der Waals surface area contributed by atoms with Gasteiger partial charge < -0.3 is 4.57 Å². The highest BCUT2D eigenvalue weighted by atomic mass is 16.1. The van der Waals surface area contributed by atoms with Crippen LogP contribution in [-0.4, -0.2) is 10.4 Å². The van der Waals surface area contributed by atoms with Gasteiger partial charge in [-0.1, -0.05) is 12.1 Å². The van der Waals surface area contributed by atoms with E-state index in [2.05, 4.69) is 35.8 Å². The zero-order valence-electron chi connectivity index (χ0n) is 9.44. The van der Waals surface area contributed by atoms with Crippen LogP contribution in [0.4, 0.5) is 0 Å². The fourth-order valence-electron chi connectivity index (χ4n) is 2.13. The Bertz CT molecular complexity index is 549. The van der Waals surface area contributed by atoms with Gasteiger partial charge in [-0.25, -0.2) is 0 Å². The van der Waals surface area contributed by atoms with Crippen molar-refractivity contribution in [3.8, 4) is 0 Å². The Labute approximate surface area is 94.9 Å². The summed E-state index contributed by atoms with van der Waals surface area (Å²) in [6.45, 7) is 2.62. The Morgan fingerprint density at radius 3 is 2.94 bits per heavy atom. The lowest BCUT2D eigenvalue weighted by atomic mass is 10.2. The van der Waals surface area contributed by atoms with E-state index < -0.39 is 0 Å². The smallest absolute Gasteiger partial charge is 0.155 e. The molecule has 0 radical (unpaired) electrons. The van der Waals surface area contributed by atoms with Gasteiger partial charge in [0.15, 0.2) is 5.78 Å². The van der Waals surface area contributed by atoms with Crippen molar-refractivity contribution in [1.29, 1.82) is 0 Å². The first-order valence-corrected chi connectivity index (χ1v) is 5.82. The van der Waals surface area contributed by atoms with Gasteiger partial charge in [0.1, 0.15) is 0 Å². The number of carbonyl (C=O) groups excluding carboxylic acids is 1. The van der Waals surface area contributed by atoms with Crippen molar-refractivity contribution in [1.82, 2.24) is 4.57 Å². The Morgan fingerprint density at radius 1 is 1.38 bits per heavy atom.